The summed E-state index contributed by atoms with van der Waals surface area (Å²) in [4.78, 5) is 23.6. The van der Waals surface area contributed by atoms with Gasteiger partial charge < -0.3 is 30.7 Å². The summed E-state index contributed by atoms with van der Waals surface area (Å²) in [5.41, 5.74) is 6.32. The molecule has 0 aromatic rings. The molecule has 2 amide bonds. The quantitative estimate of drug-likeness (QED) is 0.162. The number of aliphatic hydroxyl groups excluding tert-OH is 2. The number of hydrogen-bond donors (Lipinski definition) is 4. The first-order valence-corrected chi connectivity index (χ1v) is 14.1. The first kappa shape index (κ1) is 33.7. The number of alkyl carbamates (subject to hydrolysis) is 1. The Bertz CT molecular complexity index is 792. The minimum absolute atomic E-state index is 0.121. The molecule has 5 N–H and O–H groups in total. The van der Waals surface area contributed by atoms with Gasteiger partial charge in [-0.2, -0.15) is 0 Å². The third-order valence-corrected chi connectivity index (χ3v) is 7.68. The molecule has 1 aliphatic carbocycles. The van der Waals surface area contributed by atoms with Crippen LogP contribution in [0.5, 0.6) is 0 Å². The smallest absolute Gasteiger partial charge is 0.407 e. The second-order valence-corrected chi connectivity index (χ2v) is 11.3. The number of nitrogens with two attached hydrogens (primary N) is 1. The molecule has 0 saturated heterocycles. The molecule has 0 spiro atoms. The molecule has 218 valence electrons. The van der Waals surface area contributed by atoms with Crippen LogP contribution in [0, 0.1) is 29.6 Å². The predicted molar refractivity (Wildman–Crippen MR) is 151 cm³/mol. The number of primary amides is 1. The number of carbonyl (C=O) groups is 2. The van der Waals surface area contributed by atoms with Crippen LogP contribution in [-0.4, -0.2) is 53.4 Å². The standard InChI is InChI=1S/C30H52N2O6/c1-8-9-13-20(3)28(38-29(31)35)24(7)27(34)22(5)17-19(2)16-21(4)26(33)23(6)18-37-30(36)32-25-14-11-10-12-15-25/h8-9,13,16,20-28,33-34H,1,10-12,14-15,17-18H2,2-7H3,(H2,31,35)(H,32,36)/b13-9-,19-16-/t20-,21?,22-,23?,24-,26?,27+,28-/m0/s1. The molecule has 1 rings (SSSR count). The van der Waals surface area contributed by atoms with Crippen molar-refractivity contribution in [1.82, 2.24) is 5.32 Å². The van der Waals surface area contributed by atoms with Gasteiger partial charge in [-0.15, -0.1) is 0 Å². The number of rotatable bonds is 15. The maximum Gasteiger partial charge on any atom is 0.407 e. The average Bonchev–Trinajstić information content (AvgIpc) is 2.87. The molecule has 0 heterocycles. The fourth-order valence-corrected chi connectivity index (χ4v) is 5.43. The highest BCUT2D eigenvalue weighted by Gasteiger charge is 2.33. The first-order chi connectivity index (χ1) is 17.9. The number of ether oxygens (including phenoxy) is 2. The Hall–Kier alpha value is -2.32. The Labute approximate surface area is 229 Å². The normalized spacial score (nSPS) is 21.4. The Balaban J connectivity index is 2.64. The van der Waals surface area contributed by atoms with Gasteiger partial charge in [0.25, 0.3) is 0 Å². The molecule has 0 radical (unpaired) electrons. The van der Waals surface area contributed by atoms with Crippen LogP contribution in [0.2, 0.25) is 0 Å². The number of aliphatic hydroxyl groups is 2. The van der Waals surface area contributed by atoms with Crippen LogP contribution in [0.1, 0.15) is 80.1 Å². The summed E-state index contributed by atoms with van der Waals surface area (Å²) in [6.07, 6.45) is 10.1. The fourth-order valence-electron chi connectivity index (χ4n) is 5.43. The zero-order chi connectivity index (χ0) is 28.8. The molecule has 3 unspecified atom stereocenters. The van der Waals surface area contributed by atoms with Gasteiger partial charge in [0.15, 0.2) is 0 Å². The van der Waals surface area contributed by atoms with E-state index in [4.69, 9.17) is 15.2 Å². The average molecular weight is 537 g/mol. The summed E-state index contributed by atoms with van der Waals surface area (Å²) in [5.74, 6) is -1.02. The van der Waals surface area contributed by atoms with Crippen molar-refractivity contribution < 1.29 is 29.3 Å². The van der Waals surface area contributed by atoms with Crippen LogP contribution in [0.4, 0.5) is 9.59 Å². The number of hydrogen-bond acceptors (Lipinski definition) is 6. The zero-order valence-electron chi connectivity index (χ0n) is 24.3. The van der Waals surface area contributed by atoms with E-state index in [-0.39, 0.29) is 42.2 Å². The van der Waals surface area contributed by atoms with Crippen LogP contribution in [0.3, 0.4) is 0 Å². The lowest BCUT2D eigenvalue weighted by Crippen LogP contribution is -2.41. The van der Waals surface area contributed by atoms with Crippen molar-refractivity contribution in [2.75, 3.05) is 6.61 Å². The second kappa shape index (κ2) is 17.3. The zero-order valence-corrected chi connectivity index (χ0v) is 24.3. The maximum absolute atomic E-state index is 12.1. The van der Waals surface area contributed by atoms with Crippen molar-refractivity contribution in [3.05, 3.63) is 36.5 Å². The van der Waals surface area contributed by atoms with Crippen LogP contribution in [0.15, 0.2) is 36.5 Å². The van der Waals surface area contributed by atoms with Gasteiger partial charge in [0, 0.05) is 29.7 Å². The van der Waals surface area contributed by atoms with Crippen molar-refractivity contribution in [3.8, 4) is 0 Å². The van der Waals surface area contributed by atoms with Crippen LogP contribution in [0.25, 0.3) is 0 Å². The van der Waals surface area contributed by atoms with E-state index >= 15 is 0 Å². The van der Waals surface area contributed by atoms with Gasteiger partial charge in [-0.1, -0.05) is 90.3 Å². The summed E-state index contributed by atoms with van der Waals surface area (Å²) in [6.45, 7) is 15.3. The predicted octanol–water partition coefficient (Wildman–Crippen LogP) is 5.49. The highest BCUT2D eigenvalue weighted by Crippen LogP contribution is 2.29. The van der Waals surface area contributed by atoms with Crippen LogP contribution >= 0.6 is 0 Å². The molecular weight excluding hydrogens is 484 g/mol. The number of nitrogens with one attached hydrogen (secondary N) is 1. The maximum atomic E-state index is 12.1. The van der Waals surface area contributed by atoms with Gasteiger partial charge in [0.2, 0.25) is 0 Å². The van der Waals surface area contributed by atoms with Crippen molar-refractivity contribution in [2.45, 2.75) is 104 Å². The number of allylic oxidation sites excluding steroid dienone is 3. The Kier molecular flexibility index (Phi) is 15.3. The molecule has 1 saturated carbocycles. The highest BCUT2D eigenvalue weighted by atomic mass is 16.6. The summed E-state index contributed by atoms with van der Waals surface area (Å²) >= 11 is 0. The van der Waals surface area contributed by atoms with Gasteiger partial charge in [0.05, 0.1) is 18.8 Å². The largest absolute Gasteiger partial charge is 0.449 e. The van der Waals surface area contributed by atoms with Gasteiger partial charge in [-0.25, -0.2) is 9.59 Å². The lowest BCUT2D eigenvalue weighted by Gasteiger charge is -2.33. The minimum Gasteiger partial charge on any atom is -0.449 e. The first-order valence-electron chi connectivity index (χ1n) is 14.1. The molecular formula is C30H52N2O6. The van der Waals surface area contributed by atoms with Gasteiger partial charge in [-0.05, 0) is 32.1 Å². The molecule has 0 bridgehead atoms. The van der Waals surface area contributed by atoms with Crippen LogP contribution in [-0.2, 0) is 9.47 Å². The topological polar surface area (TPSA) is 131 Å². The van der Waals surface area contributed by atoms with E-state index in [2.05, 4.69) is 11.9 Å². The molecule has 8 nitrogen and oxygen atoms in total. The molecule has 0 aromatic carbocycles. The summed E-state index contributed by atoms with van der Waals surface area (Å²) in [7, 11) is 0. The van der Waals surface area contributed by atoms with Crippen LogP contribution < -0.4 is 11.1 Å². The Morgan fingerprint density at radius 2 is 1.66 bits per heavy atom. The van der Waals surface area contributed by atoms with E-state index in [0.29, 0.717) is 6.42 Å². The summed E-state index contributed by atoms with van der Waals surface area (Å²) in [6, 6.07) is 0.186. The Morgan fingerprint density at radius 3 is 2.24 bits per heavy atom. The van der Waals surface area contributed by atoms with Crippen molar-refractivity contribution >= 4 is 12.2 Å². The third kappa shape index (κ3) is 12.0. The molecule has 8 atom stereocenters. The minimum atomic E-state index is -0.871. The van der Waals surface area contributed by atoms with Gasteiger partial charge in [0.1, 0.15) is 6.10 Å². The SMILES string of the molecule is C=C/C=C\[C@H](C)[C@H](OC(N)=O)[C@@H](C)[C@H](O)[C@@H](C)C/C(C)=C\C(C)C(O)C(C)COC(=O)NC1CCCCC1. The lowest BCUT2D eigenvalue weighted by molar-refractivity contribution is -0.0266. The second-order valence-electron chi connectivity index (χ2n) is 11.3. The lowest BCUT2D eigenvalue weighted by atomic mass is 9.81. The molecule has 0 aliphatic heterocycles. The summed E-state index contributed by atoms with van der Waals surface area (Å²) < 4.78 is 10.7. The van der Waals surface area contributed by atoms with E-state index < -0.39 is 30.5 Å². The van der Waals surface area contributed by atoms with Crippen molar-refractivity contribution in [1.29, 1.82) is 0 Å². The fraction of sp³-hybridized carbons (Fsp3) is 0.733. The van der Waals surface area contributed by atoms with E-state index in [1.807, 2.05) is 53.7 Å². The van der Waals surface area contributed by atoms with Crippen molar-refractivity contribution in [3.63, 3.8) is 0 Å². The Morgan fingerprint density at radius 1 is 1.03 bits per heavy atom. The molecule has 0 aromatic heterocycles. The van der Waals surface area contributed by atoms with E-state index in [1.165, 1.54) is 6.42 Å². The van der Waals surface area contributed by atoms with Gasteiger partial charge in [-0.3, -0.25) is 0 Å². The van der Waals surface area contributed by atoms with E-state index in [1.54, 1.807) is 12.2 Å². The molecule has 1 fully saturated rings. The number of carbonyl (C=O) groups excluding carboxylic acids is 2. The molecule has 1 aliphatic rings. The van der Waals surface area contributed by atoms with Gasteiger partial charge >= 0.3 is 12.2 Å². The monoisotopic (exact) mass is 536 g/mol. The molecule has 38 heavy (non-hydrogen) atoms. The third-order valence-electron chi connectivity index (χ3n) is 7.68. The number of amides is 2. The van der Waals surface area contributed by atoms with E-state index in [0.717, 1.165) is 31.3 Å². The summed E-state index contributed by atoms with van der Waals surface area (Å²) in [5, 5.41) is 24.8. The molecule has 8 heteroatoms. The highest BCUT2D eigenvalue weighted by molar-refractivity contribution is 5.67. The van der Waals surface area contributed by atoms with Crippen molar-refractivity contribution in [2.24, 2.45) is 35.3 Å². The van der Waals surface area contributed by atoms with E-state index in [9.17, 15) is 19.8 Å².